The molecule has 3 rings (SSSR count). The summed E-state index contributed by atoms with van der Waals surface area (Å²) in [5.74, 6) is 0.838. The van der Waals surface area contributed by atoms with E-state index in [-0.39, 0.29) is 17.6 Å². The van der Waals surface area contributed by atoms with Crippen molar-refractivity contribution in [3.8, 4) is 0 Å². The van der Waals surface area contributed by atoms with E-state index >= 15 is 0 Å². The predicted molar refractivity (Wildman–Crippen MR) is 68.7 cm³/mol. The molecule has 1 aromatic rings. The Kier molecular flexibility index (Phi) is 2.69. The van der Waals surface area contributed by atoms with Crippen molar-refractivity contribution in [1.29, 1.82) is 0 Å². The van der Waals surface area contributed by atoms with Gasteiger partial charge >= 0.3 is 0 Å². The minimum Gasteiger partial charge on any atom is -0.352 e. The highest BCUT2D eigenvalue weighted by Crippen LogP contribution is 2.40. The molecule has 94 valence electrons. The molecular formula is C15H17NO2. The van der Waals surface area contributed by atoms with Gasteiger partial charge in [-0.1, -0.05) is 19.1 Å². The molecular weight excluding hydrogens is 226 g/mol. The molecule has 0 aromatic heterocycles. The average molecular weight is 243 g/mol. The van der Waals surface area contributed by atoms with Gasteiger partial charge in [-0.3, -0.25) is 9.59 Å². The van der Waals surface area contributed by atoms with Crippen molar-refractivity contribution < 1.29 is 9.59 Å². The Bertz CT molecular complexity index is 521. The summed E-state index contributed by atoms with van der Waals surface area (Å²) < 4.78 is 0. The van der Waals surface area contributed by atoms with Crippen molar-refractivity contribution in [2.75, 3.05) is 6.54 Å². The van der Waals surface area contributed by atoms with Crippen molar-refractivity contribution in [2.24, 2.45) is 11.8 Å². The third kappa shape index (κ3) is 1.94. The molecule has 1 aliphatic carbocycles. The number of benzene rings is 1. The van der Waals surface area contributed by atoms with Gasteiger partial charge in [0, 0.05) is 23.6 Å². The van der Waals surface area contributed by atoms with Crippen LogP contribution < -0.4 is 5.32 Å². The molecule has 0 radical (unpaired) electrons. The molecule has 2 unspecified atom stereocenters. The van der Waals surface area contributed by atoms with E-state index in [1.54, 1.807) is 6.07 Å². The number of aryl methyl sites for hydroxylation is 1. The lowest BCUT2D eigenvalue weighted by molar-refractivity contribution is 0.0956. The largest absolute Gasteiger partial charge is 0.352 e. The maximum absolute atomic E-state index is 12.2. The van der Waals surface area contributed by atoms with Crippen LogP contribution in [0.3, 0.4) is 0 Å². The van der Waals surface area contributed by atoms with Crippen LogP contribution in [-0.4, -0.2) is 18.2 Å². The van der Waals surface area contributed by atoms with Gasteiger partial charge in [-0.15, -0.1) is 0 Å². The Hall–Kier alpha value is -1.64. The predicted octanol–water partition coefficient (Wildman–Crippen LogP) is 2.20. The topological polar surface area (TPSA) is 46.2 Å². The van der Waals surface area contributed by atoms with Crippen molar-refractivity contribution in [2.45, 2.75) is 26.2 Å². The summed E-state index contributed by atoms with van der Waals surface area (Å²) in [6.45, 7) is 2.81. The summed E-state index contributed by atoms with van der Waals surface area (Å²) in [5.41, 5.74) is 2.44. The highest BCUT2D eigenvalue weighted by molar-refractivity contribution is 6.03. The number of ketones is 1. The van der Waals surface area contributed by atoms with E-state index in [4.69, 9.17) is 0 Å². The monoisotopic (exact) mass is 243 g/mol. The Balaban J connectivity index is 1.94. The molecule has 0 spiro atoms. The van der Waals surface area contributed by atoms with E-state index in [9.17, 15) is 9.59 Å². The smallest absolute Gasteiger partial charge is 0.251 e. The lowest BCUT2D eigenvalue weighted by atomic mass is 9.97. The summed E-state index contributed by atoms with van der Waals surface area (Å²) in [4.78, 5) is 24.1. The number of hydrogen-bond donors (Lipinski definition) is 1. The first-order valence-corrected chi connectivity index (χ1v) is 6.62. The summed E-state index contributed by atoms with van der Waals surface area (Å²) in [7, 11) is 0. The standard InChI is InChI=1S/C15H17NO2/c1-9-7-12(9)14(17)11-5-4-10-3-2-6-16-15(18)13(10)8-11/h4-5,8-9,12H,2-3,6-7H2,1H3,(H,16,18). The summed E-state index contributed by atoms with van der Waals surface area (Å²) in [5, 5.41) is 2.87. The van der Waals surface area contributed by atoms with Gasteiger partial charge in [0.2, 0.25) is 0 Å². The number of hydrogen-bond acceptors (Lipinski definition) is 2. The van der Waals surface area contributed by atoms with Crippen molar-refractivity contribution in [3.63, 3.8) is 0 Å². The van der Waals surface area contributed by atoms with E-state index in [0.29, 0.717) is 17.0 Å². The van der Waals surface area contributed by atoms with Gasteiger partial charge < -0.3 is 5.32 Å². The van der Waals surface area contributed by atoms with Crippen LogP contribution in [0.2, 0.25) is 0 Å². The fraction of sp³-hybridized carbons (Fsp3) is 0.467. The summed E-state index contributed by atoms with van der Waals surface area (Å²) in [6, 6.07) is 5.61. The number of carbonyl (C=O) groups is 2. The fourth-order valence-corrected chi connectivity index (χ4v) is 2.64. The number of carbonyl (C=O) groups excluding carboxylic acids is 2. The highest BCUT2D eigenvalue weighted by atomic mass is 16.1. The molecule has 3 heteroatoms. The normalized spacial score (nSPS) is 25.9. The summed E-state index contributed by atoms with van der Waals surface area (Å²) in [6.07, 6.45) is 2.86. The molecule has 2 aliphatic rings. The van der Waals surface area contributed by atoms with Crippen LogP contribution in [0.25, 0.3) is 0 Å². The fourth-order valence-electron chi connectivity index (χ4n) is 2.64. The highest BCUT2D eigenvalue weighted by Gasteiger charge is 2.39. The zero-order valence-electron chi connectivity index (χ0n) is 10.5. The van der Waals surface area contributed by atoms with Gasteiger partial charge in [-0.2, -0.15) is 0 Å². The van der Waals surface area contributed by atoms with E-state index in [0.717, 1.165) is 31.4 Å². The second kappa shape index (κ2) is 4.23. The maximum atomic E-state index is 12.2. The lowest BCUT2D eigenvalue weighted by Crippen LogP contribution is -2.23. The molecule has 1 N–H and O–H groups in total. The number of Topliss-reactive ketones (excluding diaryl/α,β-unsaturated/α-hetero) is 1. The average Bonchev–Trinajstić information content (AvgIpc) is 3.12. The van der Waals surface area contributed by atoms with Crippen LogP contribution in [-0.2, 0) is 6.42 Å². The zero-order chi connectivity index (χ0) is 12.7. The zero-order valence-corrected chi connectivity index (χ0v) is 10.5. The van der Waals surface area contributed by atoms with Gasteiger partial charge in [-0.05, 0) is 36.8 Å². The molecule has 3 nitrogen and oxygen atoms in total. The molecule has 0 bridgehead atoms. The third-order valence-electron chi connectivity index (χ3n) is 3.99. The van der Waals surface area contributed by atoms with Crippen molar-refractivity contribution >= 4 is 11.7 Å². The molecule has 0 saturated heterocycles. The summed E-state index contributed by atoms with van der Waals surface area (Å²) >= 11 is 0. The minimum absolute atomic E-state index is 0.0407. The quantitative estimate of drug-likeness (QED) is 0.809. The number of fused-ring (bicyclic) bond motifs is 1. The Morgan fingerprint density at radius 3 is 2.89 bits per heavy atom. The third-order valence-corrected chi connectivity index (χ3v) is 3.99. The van der Waals surface area contributed by atoms with Crippen LogP contribution in [0.5, 0.6) is 0 Å². The van der Waals surface area contributed by atoms with Crippen molar-refractivity contribution in [1.82, 2.24) is 5.32 Å². The molecule has 1 heterocycles. The minimum atomic E-state index is -0.0407. The second-order valence-electron chi connectivity index (χ2n) is 5.42. The van der Waals surface area contributed by atoms with Gasteiger partial charge in [0.05, 0.1) is 0 Å². The maximum Gasteiger partial charge on any atom is 0.251 e. The van der Waals surface area contributed by atoms with E-state index in [1.165, 1.54) is 0 Å². The number of rotatable bonds is 2. The Morgan fingerprint density at radius 2 is 2.17 bits per heavy atom. The van der Waals surface area contributed by atoms with Gasteiger partial charge in [0.25, 0.3) is 5.91 Å². The molecule has 2 atom stereocenters. The molecule has 1 fully saturated rings. The first kappa shape index (κ1) is 11.5. The van der Waals surface area contributed by atoms with Crippen LogP contribution >= 0.6 is 0 Å². The van der Waals surface area contributed by atoms with Gasteiger partial charge in [0.15, 0.2) is 5.78 Å². The first-order chi connectivity index (χ1) is 8.66. The van der Waals surface area contributed by atoms with Gasteiger partial charge in [-0.25, -0.2) is 0 Å². The van der Waals surface area contributed by atoms with Crippen molar-refractivity contribution in [3.05, 3.63) is 34.9 Å². The number of amides is 1. The van der Waals surface area contributed by atoms with E-state index in [1.807, 2.05) is 12.1 Å². The van der Waals surface area contributed by atoms with Crippen LogP contribution in [0.4, 0.5) is 0 Å². The molecule has 1 aromatic carbocycles. The van der Waals surface area contributed by atoms with Crippen LogP contribution in [0, 0.1) is 11.8 Å². The van der Waals surface area contributed by atoms with E-state index < -0.39 is 0 Å². The Morgan fingerprint density at radius 1 is 1.39 bits per heavy atom. The Labute approximate surface area is 107 Å². The van der Waals surface area contributed by atoms with Gasteiger partial charge in [0.1, 0.15) is 0 Å². The second-order valence-corrected chi connectivity index (χ2v) is 5.42. The number of nitrogens with one attached hydrogen (secondary N) is 1. The molecule has 1 saturated carbocycles. The van der Waals surface area contributed by atoms with Crippen LogP contribution in [0.15, 0.2) is 18.2 Å². The first-order valence-electron chi connectivity index (χ1n) is 6.62. The van der Waals surface area contributed by atoms with E-state index in [2.05, 4.69) is 12.2 Å². The van der Waals surface area contributed by atoms with Crippen LogP contribution in [0.1, 0.15) is 46.0 Å². The molecule has 1 amide bonds. The molecule has 18 heavy (non-hydrogen) atoms. The lowest BCUT2D eigenvalue weighted by Gasteiger charge is -2.07. The molecule has 1 aliphatic heterocycles. The SMILES string of the molecule is CC1CC1C(=O)c1ccc2c(c1)C(=O)NCCC2.